The topological polar surface area (TPSA) is 64.3 Å². The Morgan fingerprint density at radius 1 is 1.45 bits per heavy atom. The maximum Gasteiger partial charge on any atom is 0.256 e. The molecule has 1 saturated carbocycles. The van der Waals surface area contributed by atoms with Gasteiger partial charge in [0, 0.05) is 17.6 Å². The fourth-order valence-corrected chi connectivity index (χ4v) is 2.31. The van der Waals surface area contributed by atoms with E-state index < -0.39 is 6.10 Å². The first-order valence-corrected chi connectivity index (χ1v) is 7.50. The Labute approximate surface area is 127 Å². The van der Waals surface area contributed by atoms with Crippen LogP contribution in [0.1, 0.15) is 30.9 Å². The van der Waals surface area contributed by atoms with Crippen LogP contribution in [0.25, 0.3) is 0 Å². The second kappa shape index (κ2) is 6.87. The summed E-state index contributed by atoms with van der Waals surface area (Å²) in [7, 11) is 0. The van der Waals surface area contributed by atoms with E-state index in [2.05, 4.69) is 22.0 Å². The Kier molecular flexibility index (Phi) is 5.16. The fraction of sp³-hybridized carbons (Fsp3) is 0.467. The van der Waals surface area contributed by atoms with Gasteiger partial charge >= 0.3 is 0 Å². The number of hydrogen-bond acceptors (Lipinski definition) is 3. The van der Waals surface area contributed by atoms with Gasteiger partial charge in [-0.05, 0) is 36.5 Å². The van der Waals surface area contributed by atoms with Crippen molar-refractivity contribution in [2.45, 2.75) is 25.4 Å². The van der Waals surface area contributed by atoms with Crippen LogP contribution in [0, 0.1) is 17.2 Å². The molecule has 0 aliphatic heterocycles. The van der Waals surface area contributed by atoms with Gasteiger partial charge in [-0.1, -0.05) is 28.1 Å². The highest BCUT2D eigenvalue weighted by Gasteiger charge is 2.29. The summed E-state index contributed by atoms with van der Waals surface area (Å²) in [4.78, 5) is 14.0. The molecule has 1 aromatic rings. The molecular formula is C15H17BrN2O2. The van der Waals surface area contributed by atoms with E-state index in [0.29, 0.717) is 31.0 Å². The molecule has 1 aliphatic carbocycles. The maximum absolute atomic E-state index is 12.4. The van der Waals surface area contributed by atoms with Crippen molar-refractivity contribution >= 4 is 21.8 Å². The molecule has 1 aliphatic rings. The van der Waals surface area contributed by atoms with E-state index in [9.17, 15) is 9.90 Å². The zero-order valence-corrected chi connectivity index (χ0v) is 12.7. The highest BCUT2D eigenvalue weighted by Crippen LogP contribution is 2.30. The lowest BCUT2D eigenvalue weighted by Gasteiger charge is -2.24. The van der Waals surface area contributed by atoms with Crippen LogP contribution in [-0.4, -0.2) is 29.0 Å². The van der Waals surface area contributed by atoms with Crippen molar-refractivity contribution in [3.63, 3.8) is 0 Å². The molecule has 2 rings (SSSR count). The molecule has 0 radical (unpaired) electrons. The minimum Gasteiger partial charge on any atom is -0.378 e. The summed E-state index contributed by atoms with van der Waals surface area (Å²) in [6.45, 7) is 1.04. The molecule has 5 heteroatoms. The molecule has 4 nitrogen and oxygen atoms in total. The predicted octanol–water partition coefficient (Wildman–Crippen LogP) is 2.63. The molecule has 1 amide bonds. The summed E-state index contributed by atoms with van der Waals surface area (Å²) in [5.74, 6) is 0.226. The molecule has 0 bridgehead atoms. The third-order valence-corrected chi connectivity index (χ3v) is 3.93. The summed E-state index contributed by atoms with van der Waals surface area (Å²) < 4.78 is 0.903. The molecule has 0 unspecified atom stereocenters. The van der Waals surface area contributed by atoms with Gasteiger partial charge in [0.2, 0.25) is 0 Å². The Bertz CT molecular complexity index is 506. The number of aliphatic hydroxyl groups is 1. The fourth-order valence-electron chi connectivity index (χ4n) is 2.05. The van der Waals surface area contributed by atoms with E-state index >= 15 is 0 Å². The zero-order chi connectivity index (χ0) is 14.5. The van der Waals surface area contributed by atoms with Crippen molar-refractivity contribution in [1.82, 2.24) is 4.90 Å². The van der Waals surface area contributed by atoms with E-state index in [1.165, 1.54) is 0 Å². The van der Waals surface area contributed by atoms with E-state index in [1.54, 1.807) is 29.2 Å². The van der Waals surface area contributed by atoms with Crippen LogP contribution in [0.3, 0.4) is 0 Å². The zero-order valence-electron chi connectivity index (χ0n) is 11.1. The number of nitriles is 1. The molecular weight excluding hydrogens is 320 g/mol. The SMILES string of the molecule is N#CCCN(CC1CC1)C(=O)[C@@H](O)c1ccc(Br)cc1. The minimum atomic E-state index is -1.15. The summed E-state index contributed by atoms with van der Waals surface area (Å²) in [5.41, 5.74) is 0.580. The third-order valence-electron chi connectivity index (χ3n) is 3.40. The van der Waals surface area contributed by atoms with Gasteiger partial charge < -0.3 is 10.0 Å². The van der Waals surface area contributed by atoms with Crippen molar-refractivity contribution in [1.29, 1.82) is 5.26 Å². The summed E-state index contributed by atoms with van der Waals surface area (Å²) >= 11 is 3.32. The third kappa shape index (κ3) is 4.06. The first-order valence-electron chi connectivity index (χ1n) is 6.71. The molecule has 0 spiro atoms. The van der Waals surface area contributed by atoms with Gasteiger partial charge in [-0.2, -0.15) is 5.26 Å². The van der Waals surface area contributed by atoms with Gasteiger partial charge in [0.25, 0.3) is 5.91 Å². The number of halogens is 1. The first-order chi connectivity index (χ1) is 9.61. The van der Waals surface area contributed by atoms with Gasteiger partial charge in [0.15, 0.2) is 6.10 Å². The van der Waals surface area contributed by atoms with Crippen LogP contribution < -0.4 is 0 Å². The monoisotopic (exact) mass is 336 g/mol. The van der Waals surface area contributed by atoms with Crippen LogP contribution in [0.2, 0.25) is 0 Å². The van der Waals surface area contributed by atoms with Gasteiger partial charge in [-0.3, -0.25) is 4.79 Å². The molecule has 1 atom stereocenters. The Morgan fingerprint density at radius 2 is 2.10 bits per heavy atom. The van der Waals surface area contributed by atoms with E-state index in [4.69, 9.17) is 5.26 Å². The molecule has 1 aromatic carbocycles. The van der Waals surface area contributed by atoms with E-state index in [0.717, 1.165) is 17.3 Å². The Morgan fingerprint density at radius 3 is 2.65 bits per heavy atom. The number of nitrogens with zero attached hydrogens (tertiary/aromatic N) is 2. The smallest absolute Gasteiger partial charge is 0.256 e. The number of hydrogen-bond donors (Lipinski definition) is 1. The minimum absolute atomic E-state index is 0.297. The number of aliphatic hydroxyl groups excluding tert-OH is 1. The quantitative estimate of drug-likeness (QED) is 0.868. The van der Waals surface area contributed by atoms with Crippen molar-refractivity contribution in [2.75, 3.05) is 13.1 Å². The molecule has 1 fully saturated rings. The predicted molar refractivity (Wildman–Crippen MR) is 78.6 cm³/mol. The van der Waals surface area contributed by atoms with Crippen molar-refractivity contribution < 1.29 is 9.90 Å². The van der Waals surface area contributed by atoms with Gasteiger partial charge in [-0.25, -0.2) is 0 Å². The number of carbonyl (C=O) groups is 1. The lowest BCUT2D eigenvalue weighted by Crippen LogP contribution is -2.37. The Balaban J connectivity index is 2.04. The van der Waals surface area contributed by atoms with Crippen molar-refractivity contribution in [2.24, 2.45) is 5.92 Å². The molecule has 0 aromatic heterocycles. The highest BCUT2D eigenvalue weighted by atomic mass is 79.9. The number of rotatable bonds is 6. The molecule has 0 heterocycles. The Hall–Kier alpha value is -1.38. The highest BCUT2D eigenvalue weighted by molar-refractivity contribution is 9.10. The average Bonchev–Trinajstić information content (AvgIpc) is 3.26. The summed E-state index contributed by atoms with van der Waals surface area (Å²) in [6.07, 6.45) is 1.40. The largest absolute Gasteiger partial charge is 0.378 e. The van der Waals surface area contributed by atoms with E-state index in [1.807, 2.05) is 0 Å². The number of amides is 1. The summed E-state index contributed by atoms with van der Waals surface area (Å²) in [6, 6.07) is 9.10. The molecule has 1 N–H and O–H groups in total. The van der Waals surface area contributed by atoms with Gasteiger partial charge in [0.05, 0.1) is 12.5 Å². The van der Waals surface area contributed by atoms with Crippen LogP contribution >= 0.6 is 15.9 Å². The van der Waals surface area contributed by atoms with Crippen molar-refractivity contribution in [3.05, 3.63) is 34.3 Å². The maximum atomic E-state index is 12.4. The van der Waals surface area contributed by atoms with Crippen molar-refractivity contribution in [3.8, 4) is 6.07 Å². The second-order valence-electron chi connectivity index (χ2n) is 5.09. The average molecular weight is 337 g/mol. The molecule has 106 valence electrons. The standard InChI is InChI=1S/C15H17BrN2O2/c16-13-6-4-12(5-7-13)14(19)15(20)18(9-1-8-17)10-11-2-3-11/h4-7,11,14,19H,1-3,9-10H2/t14-/m0/s1. The number of benzene rings is 1. The van der Waals surface area contributed by atoms with Crippen LogP contribution in [0.5, 0.6) is 0 Å². The second-order valence-corrected chi connectivity index (χ2v) is 6.01. The normalized spacial score (nSPS) is 15.4. The van der Waals surface area contributed by atoms with Gasteiger partial charge in [0.1, 0.15) is 0 Å². The lowest BCUT2D eigenvalue weighted by molar-refractivity contribution is -0.140. The number of carbonyl (C=O) groups excluding carboxylic acids is 1. The molecule has 20 heavy (non-hydrogen) atoms. The van der Waals surface area contributed by atoms with Crippen LogP contribution in [-0.2, 0) is 4.79 Å². The first kappa shape index (κ1) is 15.0. The summed E-state index contributed by atoms with van der Waals surface area (Å²) in [5, 5.41) is 18.9. The molecule has 0 saturated heterocycles. The lowest BCUT2D eigenvalue weighted by atomic mass is 10.1. The van der Waals surface area contributed by atoms with Gasteiger partial charge in [-0.15, -0.1) is 0 Å². The van der Waals surface area contributed by atoms with E-state index in [-0.39, 0.29) is 5.91 Å². The van der Waals surface area contributed by atoms with Crippen LogP contribution in [0.15, 0.2) is 28.7 Å². The van der Waals surface area contributed by atoms with Crippen LogP contribution in [0.4, 0.5) is 0 Å².